The van der Waals surface area contributed by atoms with E-state index in [1.807, 2.05) is 44.2 Å². The van der Waals surface area contributed by atoms with Crippen molar-refractivity contribution >= 4 is 50.9 Å². The first-order chi connectivity index (χ1) is 19.8. The summed E-state index contributed by atoms with van der Waals surface area (Å²) in [4.78, 5) is 29.3. The van der Waals surface area contributed by atoms with Crippen molar-refractivity contribution in [3.8, 4) is 0 Å². The van der Waals surface area contributed by atoms with Crippen LogP contribution in [0.25, 0.3) is 0 Å². The fourth-order valence-corrected chi connectivity index (χ4v) is 5.75. The molecule has 0 radical (unpaired) electrons. The predicted octanol–water partition coefficient (Wildman–Crippen LogP) is 5.30. The molecule has 3 aromatic rings. The Morgan fingerprint density at radius 1 is 0.929 bits per heavy atom. The van der Waals surface area contributed by atoms with E-state index in [-0.39, 0.29) is 34.7 Å². The van der Waals surface area contributed by atoms with Gasteiger partial charge in [-0.05, 0) is 55.3 Å². The maximum Gasteiger partial charge on any atom is 0.304 e. The summed E-state index contributed by atoms with van der Waals surface area (Å²) in [6.45, 7) is 2.95. The van der Waals surface area contributed by atoms with Gasteiger partial charge in [-0.25, -0.2) is 8.70 Å². The number of carbonyl (C=O) groups excluding carboxylic acids is 2. The molecule has 2 amide bonds. The zero-order chi connectivity index (χ0) is 31.0. The quantitative estimate of drug-likeness (QED) is 0.276. The van der Waals surface area contributed by atoms with E-state index in [1.54, 1.807) is 18.2 Å². The molecular formula is C30H35Cl2FN4O4S. The lowest BCUT2D eigenvalue weighted by Gasteiger charge is -2.35. The molecule has 0 heterocycles. The van der Waals surface area contributed by atoms with Crippen LogP contribution in [0.1, 0.15) is 31.4 Å². The van der Waals surface area contributed by atoms with Gasteiger partial charge >= 0.3 is 10.2 Å². The minimum atomic E-state index is -4.21. The Labute approximate surface area is 257 Å². The lowest BCUT2D eigenvalue weighted by molar-refractivity contribution is -0.140. The molecule has 0 saturated carbocycles. The highest BCUT2D eigenvalue weighted by Crippen LogP contribution is 2.28. The normalized spacial score (nSPS) is 13.0. The highest BCUT2D eigenvalue weighted by atomic mass is 35.5. The van der Waals surface area contributed by atoms with Gasteiger partial charge in [0.15, 0.2) is 0 Å². The summed E-state index contributed by atoms with van der Waals surface area (Å²) >= 11 is 13.0. The van der Waals surface area contributed by atoms with Crippen molar-refractivity contribution in [2.75, 3.05) is 24.9 Å². The van der Waals surface area contributed by atoms with Gasteiger partial charge in [-0.2, -0.15) is 12.7 Å². The lowest BCUT2D eigenvalue weighted by Crippen LogP contribution is -2.55. The standard InChI is InChI=1S/C30H35Cl2FN4O4S/c1-5-21(2)34-30(39)28(18-22-10-7-6-8-11-22)36(19-25-26(31)12-9-13-27(25)32)29(38)20-37(42(40,41)35(3)4)24-16-14-23(33)15-17-24/h6-17,21,28H,5,18-20H2,1-4H3,(H,34,39)/t21-,28-/m1/s1. The first-order valence-corrected chi connectivity index (χ1v) is 15.5. The largest absolute Gasteiger partial charge is 0.352 e. The Kier molecular flexibility index (Phi) is 11.8. The molecule has 3 rings (SSSR count). The second-order valence-electron chi connectivity index (χ2n) is 10.0. The summed E-state index contributed by atoms with van der Waals surface area (Å²) in [6, 6.07) is 17.6. The summed E-state index contributed by atoms with van der Waals surface area (Å²) in [5.74, 6) is -1.65. The maximum absolute atomic E-state index is 14.2. The van der Waals surface area contributed by atoms with E-state index in [1.165, 1.54) is 31.1 Å². The number of carbonyl (C=O) groups is 2. The molecule has 0 aliphatic rings. The zero-order valence-electron chi connectivity index (χ0n) is 23.9. The van der Waals surface area contributed by atoms with Crippen LogP contribution in [0.4, 0.5) is 10.1 Å². The first-order valence-electron chi connectivity index (χ1n) is 13.4. The van der Waals surface area contributed by atoms with E-state index < -0.39 is 40.4 Å². The second-order valence-corrected chi connectivity index (χ2v) is 12.9. The van der Waals surface area contributed by atoms with E-state index in [9.17, 15) is 22.4 Å². The second kappa shape index (κ2) is 14.8. The van der Waals surface area contributed by atoms with Gasteiger partial charge in [-0.1, -0.05) is 66.5 Å². The molecule has 0 saturated heterocycles. The number of anilines is 1. The molecule has 0 unspecified atom stereocenters. The number of nitrogens with zero attached hydrogens (tertiary/aromatic N) is 3. The first kappa shape index (κ1) is 33.3. The molecule has 0 fully saturated rings. The molecule has 42 heavy (non-hydrogen) atoms. The third kappa shape index (κ3) is 8.44. The molecule has 226 valence electrons. The number of amides is 2. The number of hydrogen-bond acceptors (Lipinski definition) is 4. The van der Waals surface area contributed by atoms with Crippen LogP contribution in [0.2, 0.25) is 10.0 Å². The zero-order valence-corrected chi connectivity index (χ0v) is 26.3. The summed E-state index contributed by atoms with van der Waals surface area (Å²) in [7, 11) is -1.55. The Morgan fingerprint density at radius 3 is 2.07 bits per heavy atom. The number of hydrogen-bond donors (Lipinski definition) is 1. The van der Waals surface area contributed by atoms with Gasteiger partial charge in [0.1, 0.15) is 18.4 Å². The summed E-state index contributed by atoms with van der Waals surface area (Å²) in [5.41, 5.74) is 1.28. The van der Waals surface area contributed by atoms with Gasteiger partial charge in [0.2, 0.25) is 11.8 Å². The average molecular weight is 638 g/mol. The van der Waals surface area contributed by atoms with E-state index in [0.717, 1.165) is 26.3 Å². The minimum Gasteiger partial charge on any atom is -0.352 e. The SMILES string of the molecule is CC[C@@H](C)NC(=O)[C@@H](Cc1ccccc1)N(Cc1c(Cl)cccc1Cl)C(=O)CN(c1ccc(F)cc1)S(=O)(=O)N(C)C. The van der Waals surface area contributed by atoms with Gasteiger partial charge < -0.3 is 10.2 Å². The van der Waals surface area contributed by atoms with Crippen LogP contribution in [-0.4, -0.2) is 62.2 Å². The topological polar surface area (TPSA) is 90.0 Å². The van der Waals surface area contributed by atoms with Crippen molar-refractivity contribution in [1.29, 1.82) is 0 Å². The van der Waals surface area contributed by atoms with E-state index in [2.05, 4.69) is 5.32 Å². The molecule has 0 aromatic heterocycles. The molecule has 3 aromatic carbocycles. The van der Waals surface area contributed by atoms with Crippen LogP contribution in [0.3, 0.4) is 0 Å². The van der Waals surface area contributed by atoms with Crippen molar-refractivity contribution in [2.45, 2.75) is 45.3 Å². The van der Waals surface area contributed by atoms with Gasteiger partial charge in [0.25, 0.3) is 0 Å². The van der Waals surface area contributed by atoms with Crippen LogP contribution >= 0.6 is 23.2 Å². The van der Waals surface area contributed by atoms with E-state index in [4.69, 9.17) is 23.2 Å². The lowest BCUT2D eigenvalue weighted by atomic mass is 10.0. The number of rotatable bonds is 13. The third-order valence-corrected chi connectivity index (χ3v) is 9.32. The van der Waals surface area contributed by atoms with Crippen LogP contribution in [0, 0.1) is 5.82 Å². The van der Waals surface area contributed by atoms with E-state index in [0.29, 0.717) is 12.0 Å². The number of halogens is 3. The van der Waals surface area contributed by atoms with Gasteiger partial charge in [0.05, 0.1) is 5.69 Å². The highest BCUT2D eigenvalue weighted by Gasteiger charge is 2.35. The van der Waals surface area contributed by atoms with Crippen molar-refractivity contribution < 1.29 is 22.4 Å². The van der Waals surface area contributed by atoms with Crippen LogP contribution in [0.5, 0.6) is 0 Å². The number of benzene rings is 3. The fourth-order valence-electron chi connectivity index (χ4n) is 4.17. The Morgan fingerprint density at radius 2 is 1.52 bits per heavy atom. The van der Waals surface area contributed by atoms with Crippen molar-refractivity contribution in [3.63, 3.8) is 0 Å². The Hall–Kier alpha value is -3.18. The average Bonchev–Trinajstić information content (AvgIpc) is 2.95. The van der Waals surface area contributed by atoms with Gasteiger partial charge in [0, 0.05) is 48.7 Å². The molecule has 1 N–H and O–H groups in total. The molecule has 2 atom stereocenters. The molecular weight excluding hydrogens is 602 g/mol. The third-order valence-electron chi connectivity index (χ3n) is 6.80. The van der Waals surface area contributed by atoms with Crippen LogP contribution < -0.4 is 9.62 Å². The maximum atomic E-state index is 14.2. The van der Waals surface area contributed by atoms with Gasteiger partial charge in [-0.15, -0.1) is 0 Å². The van der Waals surface area contributed by atoms with Crippen LogP contribution in [0.15, 0.2) is 72.8 Å². The van der Waals surface area contributed by atoms with Crippen molar-refractivity contribution in [3.05, 3.63) is 99.8 Å². The van der Waals surface area contributed by atoms with E-state index >= 15 is 0 Å². The molecule has 0 spiro atoms. The predicted molar refractivity (Wildman–Crippen MR) is 165 cm³/mol. The Balaban J connectivity index is 2.14. The molecule has 0 bridgehead atoms. The molecule has 8 nitrogen and oxygen atoms in total. The summed E-state index contributed by atoms with van der Waals surface area (Å²) in [5, 5.41) is 3.54. The monoisotopic (exact) mass is 636 g/mol. The molecule has 0 aliphatic heterocycles. The van der Waals surface area contributed by atoms with Gasteiger partial charge in [-0.3, -0.25) is 9.59 Å². The minimum absolute atomic E-state index is 0.0813. The summed E-state index contributed by atoms with van der Waals surface area (Å²) in [6.07, 6.45) is 0.807. The highest BCUT2D eigenvalue weighted by molar-refractivity contribution is 7.90. The van der Waals surface area contributed by atoms with Crippen LogP contribution in [-0.2, 0) is 32.8 Å². The smallest absolute Gasteiger partial charge is 0.304 e. The molecule has 12 heteroatoms. The van der Waals surface area contributed by atoms with Crippen molar-refractivity contribution in [1.82, 2.24) is 14.5 Å². The Bertz CT molecular complexity index is 1450. The van der Waals surface area contributed by atoms with Crippen molar-refractivity contribution in [2.24, 2.45) is 0 Å². The molecule has 0 aliphatic carbocycles. The number of nitrogens with one attached hydrogen (secondary N) is 1. The summed E-state index contributed by atoms with van der Waals surface area (Å²) < 4.78 is 42.3. The fraction of sp³-hybridized carbons (Fsp3) is 0.333.